The smallest absolute Gasteiger partial charge is 0.378 e. The van der Waals surface area contributed by atoms with Crippen molar-refractivity contribution >= 4 is 5.91 Å². The minimum absolute atomic E-state index is 0.115. The molecule has 1 rings (SSSR count). The number of halogens is 3. The zero-order valence-corrected chi connectivity index (χ0v) is 7.36. The molecule has 0 aromatic carbocycles. The average molecular weight is 212 g/mol. The summed E-state index contributed by atoms with van der Waals surface area (Å²) in [5, 5.41) is 4.54. The van der Waals surface area contributed by atoms with Gasteiger partial charge in [0.15, 0.2) is 0 Å². The number of rotatable bonds is 2. The number of amides is 1. The van der Waals surface area contributed by atoms with Crippen LogP contribution in [-0.2, 0) is 9.53 Å². The number of alkyl halides is 3. The van der Waals surface area contributed by atoms with Crippen LogP contribution < -0.4 is 10.6 Å². The molecule has 1 saturated heterocycles. The predicted molar refractivity (Wildman–Crippen MR) is 41.7 cm³/mol. The van der Waals surface area contributed by atoms with Gasteiger partial charge in [-0.1, -0.05) is 0 Å². The van der Waals surface area contributed by atoms with E-state index in [9.17, 15) is 18.0 Å². The molecular weight excluding hydrogens is 201 g/mol. The highest BCUT2D eigenvalue weighted by molar-refractivity contribution is 5.82. The van der Waals surface area contributed by atoms with Crippen molar-refractivity contribution in [3.63, 3.8) is 0 Å². The molecule has 1 aliphatic rings. The number of ether oxygens (including phenoxy) is 1. The Morgan fingerprint density at radius 3 is 2.79 bits per heavy atom. The van der Waals surface area contributed by atoms with Gasteiger partial charge in [-0.05, 0) is 0 Å². The zero-order chi connectivity index (χ0) is 10.6. The first kappa shape index (κ1) is 11.3. The lowest BCUT2D eigenvalue weighted by molar-refractivity contribution is -0.141. The molecule has 2 N–H and O–H groups in total. The topological polar surface area (TPSA) is 50.4 Å². The summed E-state index contributed by atoms with van der Waals surface area (Å²) in [6, 6.07) is -0.675. The van der Waals surface area contributed by atoms with E-state index < -0.39 is 24.7 Å². The van der Waals surface area contributed by atoms with Crippen molar-refractivity contribution in [3.8, 4) is 0 Å². The quantitative estimate of drug-likeness (QED) is 0.658. The fourth-order valence-electron chi connectivity index (χ4n) is 1.04. The molecule has 0 aromatic heterocycles. The van der Waals surface area contributed by atoms with Crippen LogP contribution in [0.1, 0.15) is 0 Å². The number of carbonyl (C=O) groups excluding carboxylic acids is 1. The van der Waals surface area contributed by atoms with Crippen molar-refractivity contribution in [1.82, 2.24) is 10.6 Å². The molecule has 0 radical (unpaired) electrons. The SMILES string of the molecule is O=C(NCC(F)(F)F)[C@H]1COCCN1. The van der Waals surface area contributed by atoms with E-state index in [1.165, 1.54) is 0 Å². The van der Waals surface area contributed by atoms with Gasteiger partial charge in [0.25, 0.3) is 0 Å². The Morgan fingerprint density at radius 2 is 2.29 bits per heavy atom. The molecule has 0 bridgehead atoms. The molecule has 82 valence electrons. The van der Waals surface area contributed by atoms with Crippen molar-refractivity contribution in [2.45, 2.75) is 12.2 Å². The lowest BCUT2D eigenvalue weighted by atomic mass is 10.2. The van der Waals surface area contributed by atoms with Crippen molar-refractivity contribution in [1.29, 1.82) is 0 Å². The first-order valence-electron chi connectivity index (χ1n) is 4.14. The van der Waals surface area contributed by atoms with Gasteiger partial charge in [-0.2, -0.15) is 13.2 Å². The van der Waals surface area contributed by atoms with Crippen LogP contribution in [0, 0.1) is 0 Å². The van der Waals surface area contributed by atoms with Crippen LogP contribution in [0.5, 0.6) is 0 Å². The van der Waals surface area contributed by atoms with Gasteiger partial charge >= 0.3 is 6.18 Å². The summed E-state index contributed by atoms with van der Waals surface area (Å²) in [4.78, 5) is 11.1. The van der Waals surface area contributed by atoms with Gasteiger partial charge in [0.2, 0.25) is 5.91 Å². The third-order valence-electron chi connectivity index (χ3n) is 1.70. The van der Waals surface area contributed by atoms with Crippen LogP contribution in [0.15, 0.2) is 0 Å². The van der Waals surface area contributed by atoms with Crippen LogP contribution in [-0.4, -0.2) is 44.4 Å². The van der Waals surface area contributed by atoms with Gasteiger partial charge in [-0.15, -0.1) is 0 Å². The number of hydrogen-bond acceptors (Lipinski definition) is 3. The van der Waals surface area contributed by atoms with Crippen LogP contribution in [0.3, 0.4) is 0 Å². The molecule has 1 amide bonds. The fourth-order valence-corrected chi connectivity index (χ4v) is 1.04. The van der Waals surface area contributed by atoms with E-state index in [0.717, 1.165) is 0 Å². The second-order valence-electron chi connectivity index (χ2n) is 2.91. The Bertz CT molecular complexity index is 202. The first-order valence-corrected chi connectivity index (χ1v) is 4.14. The summed E-state index contributed by atoms with van der Waals surface area (Å²) < 4.78 is 40.1. The summed E-state index contributed by atoms with van der Waals surface area (Å²) in [6.45, 7) is -0.235. The first-order chi connectivity index (χ1) is 6.49. The van der Waals surface area contributed by atoms with Gasteiger partial charge in [0.05, 0.1) is 13.2 Å². The fraction of sp³-hybridized carbons (Fsp3) is 0.857. The predicted octanol–water partition coefficient (Wildman–Crippen LogP) is -0.347. The van der Waals surface area contributed by atoms with Crippen molar-refractivity contribution in [2.24, 2.45) is 0 Å². The summed E-state index contributed by atoms with van der Waals surface area (Å²) in [5.41, 5.74) is 0. The lowest BCUT2D eigenvalue weighted by Crippen LogP contribution is -2.52. The highest BCUT2D eigenvalue weighted by Crippen LogP contribution is 2.12. The molecule has 0 unspecified atom stereocenters. The van der Waals surface area contributed by atoms with Crippen molar-refractivity contribution in [2.75, 3.05) is 26.3 Å². The number of morpholine rings is 1. The average Bonchev–Trinajstić information content (AvgIpc) is 2.14. The zero-order valence-electron chi connectivity index (χ0n) is 7.36. The van der Waals surface area contributed by atoms with Crippen LogP contribution >= 0.6 is 0 Å². The Labute approximate surface area is 78.8 Å². The van der Waals surface area contributed by atoms with Gasteiger partial charge in [0.1, 0.15) is 12.6 Å². The van der Waals surface area contributed by atoms with Crippen LogP contribution in [0.2, 0.25) is 0 Å². The largest absolute Gasteiger partial charge is 0.405 e. The molecule has 0 spiro atoms. The van der Waals surface area contributed by atoms with Gasteiger partial charge in [-0.3, -0.25) is 4.79 Å². The molecule has 0 aromatic rings. The third kappa shape index (κ3) is 3.93. The normalized spacial score (nSPS) is 23.2. The second kappa shape index (κ2) is 4.61. The summed E-state index contributed by atoms with van der Waals surface area (Å²) in [6.07, 6.45) is -4.37. The van der Waals surface area contributed by atoms with Crippen molar-refractivity contribution < 1.29 is 22.7 Å². The van der Waals surface area contributed by atoms with Gasteiger partial charge in [-0.25, -0.2) is 0 Å². The summed E-state index contributed by atoms with van der Waals surface area (Å²) in [7, 11) is 0. The molecular formula is C7H11F3N2O2. The maximum Gasteiger partial charge on any atom is 0.405 e. The molecule has 14 heavy (non-hydrogen) atoms. The molecule has 1 heterocycles. The molecule has 0 saturated carbocycles. The van der Waals surface area contributed by atoms with E-state index in [2.05, 4.69) is 5.32 Å². The molecule has 0 aliphatic carbocycles. The minimum atomic E-state index is -4.37. The molecule has 4 nitrogen and oxygen atoms in total. The number of hydrogen-bond donors (Lipinski definition) is 2. The Hall–Kier alpha value is -0.820. The van der Waals surface area contributed by atoms with Crippen LogP contribution in [0.25, 0.3) is 0 Å². The Balaban J connectivity index is 2.27. The van der Waals surface area contributed by atoms with E-state index in [0.29, 0.717) is 13.2 Å². The highest BCUT2D eigenvalue weighted by Gasteiger charge is 2.30. The van der Waals surface area contributed by atoms with E-state index in [1.54, 1.807) is 5.32 Å². The summed E-state index contributed by atoms with van der Waals surface area (Å²) >= 11 is 0. The number of carbonyl (C=O) groups is 1. The van der Waals surface area contributed by atoms with E-state index in [4.69, 9.17) is 4.74 Å². The highest BCUT2D eigenvalue weighted by atomic mass is 19.4. The molecule has 7 heteroatoms. The molecule has 1 fully saturated rings. The molecule has 1 aliphatic heterocycles. The van der Waals surface area contributed by atoms with E-state index in [-0.39, 0.29) is 6.61 Å². The van der Waals surface area contributed by atoms with Crippen molar-refractivity contribution in [3.05, 3.63) is 0 Å². The maximum absolute atomic E-state index is 11.7. The van der Waals surface area contributed by atoms with Crippen LogP contribution in [0.4, 0.5) is 13.2 Å². The Morgan fingerprint density at radius 1 is 1.57 bits per heavy atom. The third-order valence-corrected chi connectivity index (χ3v) is 1.70. The van der Waals surface area contributed by atoms with Gasteiger partial charge < -0.3 is 15.4 Å². The second-order valence-corrected chi connectivity index (χ2v) is 2.91. The monoisotopic (exact) mass is 212 g/mol. The standard InChI is InChI=1S/C7H11F3N2O2/c8-7(9,10)4-12-6(13)5-3-14-2-1-11-5/h5,11H,1-4H2,(H,12,13)/t5-/m1/s1. The minimum Gasteiger partial charge on any atom is -0.378 e. The Kier molecular flexibility index (Phi) is 3.70. The number of nitrogens with one attached hydrogen (secondary N) is 2. The lowest BCUT2D eigenvalue weighted by Gasteiger charge is -2.23. The summed E-state index contributed by atoms with van der Waals surface area (Å²) in [5.74, 6) is -0.679. The van der Waals surface area contributed by atoms with E-state index in [1.807, 2.05) is 0 Å². The van der Waals surface area contributed by atoms with Gasteiger partial charge in [0, 0.05) is 6.54 Å². The van der Waals surface area contributed by atoms with E-state index >= 15 is 0 Å². The maximum atomic E-state index is 11.7. The molecule has 1 atom stereocenters.